The zero-order valence-electron chi connectivity index (χ0n) is 15.9. The quantitative estimate of drug-likeness (QED) is 0.461. The highest BCUT2D eigenvalue weighted by molar-refractivity contribution is 5.71. The van der Waals surface area contributed by atoms with Crippen LogP contribution in [0, 0.1) is 11.3 Å². The summed E-state index contributed by atoms with van der Waals surface area (Å²) in [4.78, 5) is 11.8. The van der Waals surface area contributed by atoms with Gasteiger partial charge in [-0.2, -0.15) is 0 Å². The molecule has 0 saturated carbocycles. The van der Waals surface area contributed by atoms with E-state index in [2.05, 4.69) is 12.7 Å². The van der Waals surface area contributed by atoms with Crippen molar-refractivity contribution in [3.63, 3.8) is 0 Å². The van der Waals surface area contributed by atoms with Gasteiger partial charge in [-0.15, -0.1) is 0 Å². The number of quaternary nitrogens is 1. The summed E-state index contributed by atoms with van der Waals surface area (Å²) < 4.78 is 0. The average molecular weight is 350 g/mol. The molecule has 2 unspecified atom stereocenters. The highest BCUT2D eigenvalue weighted by atomic mass is 35.5. The maximum atomic E-state index is 11.8. The standard InChI is InChI=1S/C19H39NO2.ClH/c1-5-6-7-8-9-10-11-12-13-14-17(15-16(2)21)19(3,4)18(20)22;/h16-17,21H,5-15H2,1-4H3,(H2,20,22);1H. The van der Waals surface area contributed by atoms with Gasteiger partial charge < -0.3 is 17.5 Å². The van der Waals surface area contributed by atoms with E-state index in [4.69, 9.17) is 0 Å². The zero-order chi connectivity index (χ0) is 17.0. The van der Waals surface area contributed by atoms with Gasteiger partial charge in [-0.3, -0.25) is 5.73 Å². The van der Waals surface area contributed by atoms with Crippen LogP contribution in [0.25, 0.3) is 0 Å². The van der Waals surface area contributed by atoms with Crippen LogP contribution in [-0.4, -0.2) is 17.1 Å². The van der Waals surface area contributed by atoms with E-state index in [0.717, 1.165) is 12.8 Å². The molecule has 2 atom stereocenters. The van der Waals surface area contributed by atoms with Crippen molar-refractivity contribution in [3.05, 3.63) is 0 Å². The normalized spacial score (nSPS) is 14.2. The molecule has 0 aliphatic heterocycles. The van der Waals surface area contributed by atoms with Crippen molar-refractivity contribution in [1.82, 2.24) is 0 Å². The lowest BCUT2D eigenvalue weighted by Gasteiger charge is -2.30. The Labute approximate surface area is 150 Å². The summed E-state index contributed by atoms with van der Waals surface area (Å²) in [5.74, 6) is 0.233. The van der Waals surface area contributed by atoms with Gasteiger partial charge >= 0.3 is 5.91 Å². The third kappa shape index (κ3) is 12.0. The third-order valence-corrected chi connectivity index (χ3v) is 5.02. The monoisotopic (exact) mass is 349 g/mol. The van der Waals surface area contributed by atoms with E-state index in [0.29, 0.717) is 6.42 Å². The smallest absolute Gasteiger partial charge is 0.314 e. The number of aliphatic hydroxyl groups is 1. The van der Waals surface area contributed by atoms with Gasteiger partial charge in [0.25, 0.3) is 0 Å². The Morgan fingerprint density at radius 1 is 1.00 bits per heavy atom. The SMILES string of the molecule is CCCCCCCCCCCC(CC(C)O)C(C)(C)C([NH3+])=O.[Cl-]. The number of hydrogen-bond acceptors (Lipinski definition) is 2. The van der Waals surface area contributed by atoms with Crippen molar-refractivity contribution < 1.29 is 28.0 Å². The molecule has 1 amide bonds. The summed E-state index contributed by atoms with van der Waals surface area (Å²) in [7, 11) is 0. The Balaban J connectivity index is 0. The van der Waals surface area contributed by atoms with Crippen LogP contribution in [0.15, 0.2) is 0 Å². The molecule has 0 aliphatic rings. The van der Waals surface area contributed by atoms with E-state index in [1.165, 1.54) is 51.4 Å². The minimum atomic E-state index is -0.420. The van der Waals surface area contributed by atoms with Gasteiger partial charge in [0.15, 0.2) is 0 Å². The molecule has 0 aromatic carbocycles. The van der Waals surface area contributed by atoms with Gasteiger partial charge in [-0.05, 0) is 39.5 Å². The van der Waals surface area contributed by atoms with E-state index < -0.39 is 5.41 Å². The molecule has 4 N–H and O–H groups in total. The molecule has 0 spiro atoms. The number of unbranched alkanes of at least 4 members (excludes halogenated alkanes) is 8. The van der Waals surface area contributed by atoms with E-state index >= 15 is 0 Å². The number of carbonyl (C=O) groups excluding carboxylic acids is 1. The minimum Gasteiger partial charge on any atom is -1.00 e. The van der Waals surface area contributed by atoms with Crippen LogP contribution < -0.4 is 18.1 Å². The third-order valence-electron chi connectivity index (χ3n) is 5.02. The van der Waals surface area contributed by atoms with Crippen molar-refractivity contribution in [2.75, 3.05) is 0 Å². The molecule has 0 fully saturated rings. The number of aliphatic hydroxyl groups excluding tert-OH is 1. The first-order valence-electron chi connectivity index (χ1n) is 9.36. The van der Waals surface area contributed by atoms with Crippen LogP contribution >= 0.6 is 0 Å². The van der Waals surface area contributed by atoms with Crippen LogP contribution in [0.4, 0.5) is 0 Å². The largest absolute Gasteiger partial charge is 1.00 e. The minimum absolute atomic E-state index is 0. The first kappa shape index (κ1) is 25.1. The fourth-order valence-electron chi connectivity index (χ4n) is 3.11. The lowest BCUT2D eigenvalue weighted by atomic mass is 9.73. The predicted octanol–water partition coefficient (Wildman–Crippen LogP) is 1.09. The summed E-state index contributed by atoms with van der Waals surface area (Å²) in [6.07, 6.45) is 13.2. The summed E-state index contributed by atoms with van der Waals surface area (Å²) >= 11 is 0. The fourth-order valence-corrected chi connectivity index (χ4v) is 3.11. The van der Waals surface area contributed by atoms with Gasteiger partial charge in [0.1, 0.15) is 0 Å². The Bertz CT molecular complexity index is 293. The van der Waals surface area contributed by atoms with Crippen molar-refractivity contribution in [2.45, 2.75) is 104 Å². The molecular formula is C19H40ClNO2. The predicted molar refractivity (Wildman–Crippen MR) is 93.3 cm³/mol. The van der Waals surface area contributed by atoms with Crippen LogP contribution in [-0.2, 0) is 4.79 Å². The number of amides is 1. The van der Waals surface area contributed by atoms with Crippen LogP contribution in [0.3, 0.4) is 0 Å². The van der Waals surface area contributed by atoms with E-state index in [-0.39, 0.29) is 30.3 Å². The topological polar surface area (TPSA) is 64.9 Å². The van der Waals surface area contributed by atoms with E-state index in [1.807, 2.05) is 20.8 Å². The number of hydrogen-bond donors (Lipinski definition) is 2. The molecule has 0 saturated heterocycles. The van der Waals surface area contributed by atoms with Gasteiger partial charge in [-0.1, -0.05) is 64.7 Å². The summed E-state index contributed by atoms with van der Waals surface area (Å²) in [5, 5.41) is 9.68. The molecule has 23 heavy (non-hydrogen) atoms. The van der Waals surface area contributed by atoms with Gasteiger partial charge in [-0.25, -0.2) is 4.79 Å². The first-order valence-corrected chi connectivity index (χ1v) is 9.36. The summed E-state index contributed by atoms with van der Waals surface area (Å²) in [6, 6.07) is 0. The lowest BCUT2D eigenvalue weighted by Crippen LogP contribution is -3.00. The van der Waals surface area contributed by atoms with E-state index in [9.17, 15) is 9.90 Å². The molecule has 0 bridgehead atoms. The van der Waals surface area contributed by atoms with Crippen LogP contribution in [0.5, 0.6) is 0 Å². The average Bonchev–Trinajstić information content (AvgIpc) is 2.43. The Kier molecular flexibility index (Phi) is 15.6. The maximum absolute atomic E-state index is 11.8. The Morgan fingerprint density at radius 2 is 1.43 bits per heavy atom. The molecule has 0 rings (SSSR count). The Morgan fingerprint density at radius 3 is 1.83 bits per heavy atom. The molecule has 0 heterocycles. The van der Waals surface area contributed by atoms with Crippen molar-refractivity contribution in [2.24, 2.45) is 11.3 Å². The Hall–Kier alpha value is -0.120. The fraction of sp³-hybridized carbons (Fsp3) is 0.947. The number of carbonyl (C=O) groups is 1. The van der Waals surface area contributed by atoms with E-state index in [1.54, 1.807) is 0 Å². The number of halogens is 1. The second kappa shape index (κ2) is 14.2. The summed E-state index contributed by atoms with van der Waals surface area (Å²) in [5.41, 5.74) is 3.19. The second-order valence-electron chi connectivity index (χ2n) is 7.54. The molecule has 0 aliphatic carbocycles. The molecule has 140 valence electrons. The molecule has 0 aromatic heterocycles. The lowest BCUT2D eigenvalue weighted by molar-refractivity contribution is -0.320. The molecular weight excluding hydrogens is 310 g/mol. The van der Waals surface area contributed by atoms with Crippen molar-refractivity contribution in [3.8, 4) is 0 Å². The molecule has 0 radical (unpaired) electrons. The van der Waals surface area contributed by atoms with Crippen LogP contribution in [0.2, 0.25) is 0 Å². The zero-order valence-corrected chi connectivity index (χ0v) is 16.6. The maximum Gasteiger partial charge on any atom is 0.314 e. The molecule has 3 nitrogen and oxygen atoms in total. The molecule has 0 aromatic rings. The van der Waals surface area contributed by atoms with Crippen molar-refractivity contribution >= 4 is 5.91 Å². The van der Waals surface area contributed by atoms with Gasteiger partial charge in [0.05, 0.1) is 11.5 Å². The molecule has 4 heteroatoms. The van der Waals surface area contributed by atoms with Gasteiger partial charge in [0.2, 0.25) is 0 Å². The van der Waals surface area contributed by atoms with Crippen molar-refractivity contribution in [1.29, 1.82) is 0 Å². The summed E-state index contributed by atoms with van der Waals surface area (Å²) in [6.45, 7) is 8.01. The van der Waals surface area contributed by atoms with Gasteiger partial charge in [0, 0.05) is 0 Å². The van der Waals surface area contributed by atoms with Crippen LogP contribution in [0.1, 0.15) is 98.3 Å². The number of rotatable bonds is 14. The highest BCUT2D eigenvalue weighted by Crippen LogP contribution is 2.34. The first-order chi connectivity index (χ1) is 10.3. The highest BCUT2D eigenvalue weighted by Gasteiger charge is 2.37. The second-order valence-corrected chi connectivity index (χ2v) is 7.54.